The second-order valence-corrected chi connectivity index (χ2v) is 6.80. The summed E-state index contributed by atoms with van der Waals surface area (Å²) in [4.78, 5) is 25.8. The Labute approximate surface area is 146 Å². The van der Waals surface area contributed by atoms with Gasteiger partial charge in [-0.25, -0.2) is 9.97 Å². The molecular formula is C18H19ClN4O. The van der Waals surface area contributed by atoms with E-state index in [0.29, 0.717) is 18.1 Å². The molecule has 24 heavy (non-hydrogen) atoms. The monoisotopic (exact) mass is 342 g/mol. The van der Waals surface area contributed by atoms with Crippen LogP contribution in [-0.2, 0) is 10.2 Å². The molecule has 0 atom stereocenters. The number of amides is 1. The molecule has 1 aliphatic carbocycles. The second-order valence-electron chi connectivity index (χ2n) is 6.39. The van der Waals surface area contributed by atoms with Crippen LogP contribution >= 0.6 is 11.6 Å². The molecule has 1 saturated carbocycles. The molecule has 0 spiro atoms. The predicted octanol–water partition coefficient (Wildman–Crippen LogP) is 2.51. The van der Waals surface area contributed by atoms with Gasteiger partial charge in [-0.15, -0.1) is 0 Å². The van der Waals surface area contributed by atoms with Gasteiger partial charge < -0.3 is 9.80 Å². The molecule has 1 aromatic carbocycles. The van der Waals surface area contributed by atoms with E-state index in [1.165, 1.54) is 0 Å². The van der Waals surface area contributed by atoms with E-state index in [0.717, 1.165) is 37.4 Å². The lowest BCUT2D eigenvalue weighted by Crippen LogP contribution is -2.52. The van der Waals surface area contributed by atoms with Crippen molar-refractivity contribution in [2.75, 3.05) is 31.1 Å². The third kappa shape index (κ3) is 2.63. The van der Waals surface area contributed by atoms with Gasteiger partial charge in [-0.3, -0.25) is 4.79 Å². The van der Waals surface area contributed by atoms with Crippen molar-refractivity contribution >= 4 is 23.5 Å². The van der Waals surface area contributed by atoms with E-state index in [1.807, 2.05) is 35.2 Å². The van der Waals surface area contributed by atoms with Crippen LogP contribution in [0.3, 0.4) is 0 Å². The summed E-state index contributed by atoms with van der Waals surface area (Å²) in [5.74, 6) is 0.945. The number of aromatic nitrogens is 2. The van der Waals surface area contributed by atoms with E-state index in [4.69, 9.17) is 11.6 Å². The first kappa shape index (κ1) is 15.4. The maximum atomic E-state index is 13.1. The quantitative estimate of drug-likeness (QED) is 0.860. The molecule has 1 aliphatic heterocycles. The molecule has 0 N–H and O–H groups in total. The van der Waals surface area contributed by atoms with Gasteiger partial charge in [0.1, 0.15) is 0 Å². The van der Waals surface area contributed by atoms with Gasteiger partial charge >= 0.3 is 0 Å². The SMILES string of the molecule is O=C(N1CCN(c2ncccn2)CC1)C1(c2ccccc2Cl)CC1. The molecule has 4 rings (SSSR count). The van der Waals surface area contributed by atoms with Crippen LogP contribution in [0.1, 0.15) is 18.4 Å². The number of carbonyl (C=O) groups excluding carboxylic acids is 1. The molecule has 0 unspecified atom stereocenters. The van der Waals surface area contributed by atoms with E-state index in [2.05, 4.69) is 14.9 Å². The summed E-state index contributed by atoms with van der Waals surface area (Å²) in [7, 11) is 0. The molecule has 6 heteroatoms. The Kier molecular flexibility index (Phi) is 3.88. The van der Waals surface area contributed by atoms with Crippen molar-refractivity contribution in [2.45, 2.75) is 18.3 Å². The van der Waals surface area contributed by atoms with E-state index < -0.39 is 5.41 Å². The molecule has 2 heterocycles. The summed E-state index contributed by atoms with van der Waals surface area (Å²) in [6.45, 7) is 2.91. The minimum Gasteiger partial charge on any atom is -0.338 e. The summed E-state index contributed by atoms with van der Waals surface area (Å²) in [6.07, 6.45) is 5.27. The highest BCUT2D eigenvalue weighted by Gasteiger charge is 2.54. The summed E-state index contributed by atoms with van der Waals surface area (Å²) in [5.41, 5.74) is 0.578. The van der Waals surface area contributed by atoms with Crippen LogP contribution in [0.4, 0.5) is 5.95 Å². The fourth-order valence-electron chi connectivity index (χ4n) is 3.44. The minimum absolute atomic E-state index is 0.212. The van der Waals surface area contributed by atoms with Gasteiger partial charge in [-0.1, -0.05) is 29.8 Å². The van der Waals surface area contributed by atoms with Gasteiger partial charge in [-0.05, 0) is 30.5 Å². The fourth-order valence-corrected chi connectivity index (χ4v) is 3.76. The molecule has 124 valence electrons. The van der Waals surface area contributed by atoms with Crippen LogP contribution in [-0.4, -0.2) is 47.0 Å². The molecule has 1 amide bonds. The van der Waals surface area contributed by atoms with Gasteiger partial charge in [0.2, 0.25) is 11.9 Å². The van der Waals surface area contributed by atoms with E-state index in [-0.39, 0.29) is 5.91 Å². The Morgan fingerprint density at radius 2 is 1.67 bits per heavy atom. The zero-order chi connectivity index (χ0) is 16.6. The average molecular weight is 343 g/mol. The number of nitrogens with zero attached hydrogens (tertiary/aromatic N) is 4. The van der Waals surface area contributed by atoms with Crippen molar-refractivity contribution in [3.63, 3.8) is 0 Å². The van der Waals surface area contributed by atoms with Crippen molar-refractivity contribution < 1.29 is 4.79 Å². The number of benzene rings is 1. The predicted molar refractivity (Wildman–Crippen MR) is 93.2 cm³/mol. The number of carbonyl (C=O) groups is 1. The first-order chi connectivity index (χ1) is 11.7. The molecule has 0 radical (unpaired) electrons. The largest absolute Gasteiger partial charge is 0.338 e. The van der Waals surface area contributed by atoms with Gasteiger partial charge in [0.25, 0.3) is 0 Å². The number of piperazine rings is 1. The minimum atomic E-state index is -0.399. The van der Waals surface area contributed by atoms with Crippen molar-refractivity contribution in [2.24, 2.45) is 0 Å². The molecule has 0 bridgehead atoms. The first-order valence-electron chi connectivity index (χ1n) is 8.27. The smallest absolute Gasteiger partial charge is 0.233 e. The Bertz CT molecular complexity index is 740. The van der Waals surface area contributed by atoms with Crippen molar-refractivity contribution in [3.8, 4) is 0 Å². The highest BCUT2D eigenvalue weighted by Crippen LogP contribution is 2.51. The van der Waals surface area contributed by atoms with E-state index >= 15 is 0 Å². The molecule has 2 aliphatic rings. The number of anilines is 1. The van der Waals surface area contributed by atoms with Crippen LogP contribution in [0, 0.1) is 0 Å². The van der Waals surface area contributed by atoms with Crippen LogP contribution in [0.25, 0.3) is 0 Å². The van der Waals surface area contributed by atoms with Crippen molar-refractivity contribution in [1.29, 1.82) is 0 Å². The maximum absolute atomic E-state index is 13.1. The first-order valence-corrected chi connectivity index (χ1v) is 8.65. The standard InChI is InChI=1S/C18H19ClN4O/c19-15-5-2-1-4-14(15)18(6-7-18)16(24)22-10-12-23(13-11-22)17-20-8-3-9-21-17/h1-5,8-9H,6-7,10-13H2. The topological polar surface area (TPSA) is 49.3 Å². The highest BCUT2D eigenvalue weighted by atomic mass is 35.5. The number of hydrogen-bond donors (Lipinski definition) is 0. The fraction of sp³-hybridized carbons (Fsp3) is 0.389. The zero-order valence-electron chi connectivity index (χ0n) is 13.4. The Morgan fingerprint density at radius 1 is 1.00 bits per heavy atom. The Morgan fingerprint density at radius 3 is 2.29 bits per heavy atom. The second kappa shape index (κ2) is 6.06. The van der Waals surface area contributed by atoms with Gasteiger partial charge in [-0.2, -0.15) is 0 Å². The summed E-state index contributed by atoms with van der Waals surface area (Å²) in [5, 5.41) is 0.694. The molecule has 1 saturated heterocycles. The Balaban J connectivity index is 1.46. The lowest BCUT2D eigenvalue weighted by atomic mass is 9.94. The van der Waals surface area contributed by atoms with Gasteiger partial charge in [0.05, 0.1) is 5.41 Å². The zero-order valence-corrected chi connectivity index (χ0v) is 14.1. The number of hydrogen-bond acceptors (Lipinski definition) is 4. The molecular weight excluding hydrogens is 324 g/mol. The summed E-state index contributed by atoms with van der Waals surface area (Å²) in [6, 6.07) is 9.53. The number of rotatable bonds is 3. The number of halogens is 1. The summed E-state index contributed by atoms with van der Waals surface area (Å²) >= 11 is 6.34. The third-order valence-corrected chi connectivity index (χ3v) is 5.28. The molecule has 5 nitrogen and oxygen atoms in total. The van der Waals surface area contributed by atoms with Crippen molar-refractivity contribution in [1.82, 2.24) is 14.9 Å². The lowest BCUT2D eigenvalue weighted by Gasteiger charge is -2.36. The normalized spacial score (nSPS) is 19.2. The van der Waals surface area contributed by atoms with Crippen LogP contribution in [0.5, 0.6) is 0 Å². The maximum Gasteiger partial charge on any atom is 0.233 e. The Hall–Kier alpha value is -2.14. The van der Waals surface area contributed by atoms with E-state index in [1.54, 1.807) is 12.4 Å². The van der Waals surface area contributed by atoms with Gasteiger partial charge in [0.15, 0.2) is 0 Å². The average Bonchev–Trinajstić information content (AvgIpc) is 3.44. The molecule has 2 aromatic rings. The van der Waals surface area contributed by atoms with Crippen LogP contribution < -0.4 is 4.90 Å². The lowest BCUT2D eigenvalue weighted by molar-refractivity contribution is -0.134. The van der Waals surface area contributed by atoms with Crippen LogP contribution in [0.15, 0.2) is 42.7 Å². The van der Waals surface area contributed by atoms with Gasteiger partial charge in [0, 0.05) is 43.6 Å². The third-order valence-electron chi connectivity index (χ3n) is 4.95. The summed E-state index contributed by atoms with van der Waals surface area (Å²) < 4.78 is 0. The van der Waals surface area contributed by atoms with E-state index in [9.17, 15) is 4.79 Å². The van der Waals surface area contributed by atoms with Crippen molar-refractivity contribution in [3.05, 3.63) is 53.3 Å². The molecule has 1 aromatic heterocycles. The highest BCUT2D eigenvalue weighted by molar-refractivity contribution is 6.31. The van der Waals surface area contributed by atoms with Crippen LogP contribution in [0.2, 0.25) is 5.02 Å². The molecule has 2 fully saturated rings.